The smallest absolute Gasteiger partial charge is 0.0297 e. The SMILES string of the molecule is [2H]C([2H])([2H])C([2H])(C([2H])([2H])[2H])C([2H])([2H])C(C)C. The van der Waals surface area contributed by atoms with E-state index in [1.165, 1.54) is 13.8 Å². The lowest BCUT2D eigenvalue weighted by Gasteiger charge is -2.05. The number of hydrogen-bond donors (Lipinski definition) is 0. The van der Waals surface area contributed by atoms with E-state index in [-0.39, 0.29) is 0 Å². The molecule has 0 aromatic heterocycles. The topological polar surface area (TPSA) is 0 Å². The summed E-state index contributed by atoms with van der Waals surface area (Å²) in [6.07, 6.45) is -2.64. The van der Waals surface area contributed by atoms with Crippen LogP contribution in [-0.2, 0) is 0 Å². The van der Waals surface area contributed by atoms with Crippen molar-refractivity contribution >= 4 is 0 Å². The second kappa shape index (κ2) is 3.06. The molecule has 0 amide bonds. The summed E-state index contributed by atoms with van der Waals surface area (Å²) < 4.78 is 65.7. The Morgan fingerprint density at radius 1 is 1.71 bits per heavy atom. The molecule has 0 heterocycles. The van der Waals surface area contributed by atoms with E-state index in [4.69, 9.17) is 12.3 Å². The molecule has 0 aliphatic rings. The van der Waals surface area contributed by atoms with Gasteiger partial charge in [-0.3, -0.25) is 0 Å². The van der Waals surface area contributed by atoms with Crippen LogP contribution in [0.2, 0.25) is 0 Å². The zero-order valence-electron chi connectivity index (χ0n) is 13.6. The van der Waals surface area contributed by atoms with Gasteiger partial charge in [0.1, 0.15) is 0 Å². The molecule has 0 aromatic rings. The Kier molecular flexibility index (Phi) is 0.490. The summed E-state index contributed by atoms with van der Waals surface area (Å²) in [5.41, 5.74) is 0. The van der Waals surface area contributed by atoms with E-state index in [1.54, 1.807) is 0 Å². The minimum Gasteiger partial charge on any atom is -0.0628 e. The molecule has 0 bridgehead atoms. The van der Waals surface area contributed by atoms with Crippen LogP contribution in [0.1, 0.15) is 46.3 Å². The van der Waals surface area contributed by atoms with Gasteiger partial charge < -0.3 is 0 Å². The van der Waals surface area contributed by atoms with Crippen LogP contribution >= 0.6 is 0 Å². The molecule has 0 heteroatoms. The second-order valence-electron chi connectivity index (χ2n) is 1.67. The summed E-state index contributed by atoms with van der Waals surface area (Å²) >= 11 is 0. The van der Waals surface area contributed by atoms with Crippen molar-refractivity contribution in [3.63, 3.8) is 0 Å². The van der Waals surface area contributed by atoms with E-state index in [1.807, 2.05) is 0 Å². The summed E-state index contributed by atoms with van der Waals surface area (Å²) in [7, 11) is 0. The summed E-state index contributed by atoms with van der Waals surface area (Å²) in [6.45, 7) is -3.71. The van der Waals surface area contributed by atoms with Crippen molar-refractivity contribution in [2.45, 2.75) is 33.9 Å². The van der Waals surface area contributed by atoms with Gasteiger partial charge in [-0.25, -0.2) is 0 Å². The Labute approximate surface area is 59.6 Å². The van der Waals surface area contributed by atoms with Gasteiger partial charge in [-0.15, -0.1) is 0 Å². The standard InChI is InChI=1S/C7H16/c1-6(2)5-7(3)4/h6-7H,5H2,1-4H3/i1D3,2D3,5D2,6D. The highest BCUT2D eigenvalue weighted by Gasteiger charge is 1.95. The van der Waals surface area contributed by atoms with Crippen molar-refractivity contribution in [1.82, 2.24) is 0 Å². The maximum Gasteiger partial charge on any atom is 0.0297 e. The summed E-state index contributed by atoms with van der Waals surface area (Å²) in [4.78, 5) is 0. The molecule has 0 fully saturated rings. The molecule has 0 unspecified atom stereocenters. The van der Waals surface area contributed by atoms with Crippen LogP contribution in [0.3, 0.4) is 0 Å². The second-order valence-corrected chi connectivity index (χ2v) is 1.67. The Morgan fingerprint density at radius 3 is 2.43 bits per heavy atom. The van der Waals surface area contributed by atoms with E-state index in [0.29, 0.717) is 0 Å². The van der Waals surface area contributed by atoms with Crippen LogP contribution in [-0.4, -0.2) is 0 Å². The van der Waals surface area contributed by atoms with Crippen LogP contribution in [0, 0.1) is 11.8 Å². The Hall–Kier alpha value is 0. The van der Waals surface area contributed by atoms with Gasteiger partial charge in [0.25, 0.3) is 0 Å². The first-order valence-electron chi connectivity index (χ1n) is 6.69. The lowest BCUT2D eigenvalue weighted by atomic mass is 10.0. The van der Waals surface area contributed by atoms with Crippen molar-refractivity contribution in [3.8, 4) is 0 Å². The van der Waals surface area contributed by atoms with E-state index in [0.717, 1.165) is 0 Å². The molecule has 0 saturated heterocycles. The third kappa shape index (κ3) is 6.00. The highest BCUT2D eigenvalue weighted by molar-refractivity contribution is 4.47. The zero-order valence-corrected chi connectivity index (χ0v) is 4.58. The average molecular weight is 109 g/mol. The summed E-state index contributed by atoms with van der Waals surface area (Å²) in [5, 5.41) is 0. The van der Waals surface area contributed by atoms with Crippen molar-refractivity contribution in [2.24, 2.45) is 11.8 Å². The molecular weight excluding hydrogens is 84.1 g/mol. The van der Waals surface area contributed by atoms with Crippen molar-refractivity contribution in [3.05, 3.63) is 0 Å². The van der Waals surface area contributed by atoms with Crippen molar-refractivity contribution in [2.75, 3.05) is 0 Å². The first-order valence-corrected chi connectivity index (χ1v) is 2.19. The van der Waals surface area contributed by atoms with E-state index in [2.05, 4.69) is 0 Å². The van der Waals surface area contributed by atoms with Crippen molar-refractivity contribution < 1.29 is 12.3 Å². The fourth-order valence-electron chi connectivity index (χ4n) is 0.289. The van der Waals surface area contributed by atoms with Crippen LogP contribution < -0.4 is 0 Å². The quantitative estimate of drug-likeness (QED) is 0.511. The summed E-state index contributed by atoms with van der Waals surface area (Å²) in [5.74, 6) is -4.01. The average Bonchev–Trinajstić information content (AvgIpc) is 1.97. The van der Waals surface area contributed by atoms with Gasteiger partial charge in [0.05, 0.1) is 0 Å². The molecule has 44 valence electrons. The van der Waals surface area contributed by atoms with Gasteiger partial charge in [-0.05, 0) is 18.2 Å². The summed E-state index contributed by atoms with van der Waals surface area (Å²) in [6, 6.07) is 0. The molecule has 0 rings (SSSR count). The highest BCUT2D eigenvalue weighted by atomic mass is 14.0. The number of rotatable bonds is 2. The predicted octanol–water partition coefficient (Wildman–Crippen LogP) is 2.69. The predicted molar refractivity (Wildman–Crippen MR) is 34.3 cm³/mol. The highest BCUT2D eigenvalue weighted by Crippen LogP contribution is 2.08. The van der Waals surface area contributed by atoms with Crippen LogP contribution in [0.4, 0.5) is 0 Å². The largest absolute Gasteiger partial charge is 0.0628 e. The van der Waals surface area contributed by atoms with Crippen LogP contribution in [0.15, 0.2) is 0 Å². The molecule has 0 aliphatic carbocycles. The zero-order chi connectivity index (χ0) is 13.6. The van der Waals surface area contributed by atoms with Gasteiger partial charge in [0, 0.05) is 12.3 Å². The molecule has 7 heavy (non-hydrogen) atoms. The Balaban J connectivity index is 5.81. The maximum atomic E-state index is 7.66. The molecule has 0 radical (unpaired) electrons. The van der Waals surface area contributed by atoms with Crippen LogP contribution in [0.5, 0.6) is 0 Å². The first kappa shape index (κ1) is 1.12. The third-order valence-electron chi connectivity index (χ3n) is 0.433. The van der Waals surface area contributed by atoms with Crippen LogP contribution in [0.25, 0.3) is 0 Å². The minimum absolute atomic E-state index is 0.883. The lowest BCUT2D eigenvalue weighted by Crippen LogP contribution is -1.93. The van der Waals surface area contributed by atoms with Gasteiger partial charge in [-0.1, -0.05) is 27.6 Å². The molecule has 0 N–H and O–H groups in total. The van der Waals surface area contributed by atoms with Gasteiger partial charge in [-0.2, -0.15) is 0 Å². The van der Waals surface area contributed by atoms with Gasteiger partial charge in [0.2, 0.25) is 0 Å². The lowest BCUT2D eigenvalue weighted by molar-refractivity contribution is 0.469. The normalized spacial score (nSPS) is 37.3. The molecule has 0 saturated carbocycles. The van der Waals surface area contributed by atoms with E-state index in [9.17, 15) is 0 Å². The fourth-order valence-corrected chi connectivity index (χ4v) is 0.289. The molecule has 0 atom stereocenters. The molecule has 0 spiro atoms. The molecule has 0 nitrogen and oxygen atoms in total. The molecule has 0 aromatic carbocycles. The van der Waals surface area contributed by atoms with Crippen molar-refractivity contribution in [1.29, 1.82) is 0 Å². The third-order valence-corrected chi connectivity index (χ3v) is 0.433. The Morgan fingerprint density at radius 2 is 2.29 bits per heavy atom. The van der Waals surface area contributed by atoms with E-state index >= 15 is 0 Å². The number of hydrogen-bond acceptors (Lipinski definition) is 0. The van der Waals surface area contributed by atoms with Gasteiger partial charge >= 0.3 is 0 Å². The first-order chi connectivity index (χ1) is 6.69. The molecule has 0 aliphatic heterocycles. The minimum atomic E-state index is -3.22. The maximum absolute atomic E-state index is 7.66. The fraction of sp³-hybridized carbons (Fsp3) is 1.00. The monoisotopic (exact) mass is 109 g/mol. The molecular formula is C7H16. The Bertz CT molecular complexity index is 232. The van der Waals surface area contributed by atoms with E-state index < -0.39 is 31.9 Å². The van der Waals surface area contributed by atoms with Gasteiger partial charge in [0.15, 0.2) is 0 Å².